The number of benzene rings is 2. The van der Waals surface area contributed by atoms with E-state index in [-0.39, 0.29) is 0 Å². The highest BCUT2D eigenvalue weighted by Crippen LogP contribution is 2.26. The number of hydrogen-bond donors (Lipinski definition) is 0. The molecule has 0 saturated carbocycles. The summed E-state index contributed by atoms with van der Waals surface area (Å²) in [5.41, 5.74) is 3.64. The first-order chi connectivity index (χ1) is 9.66. The van der Waals surface area contributed by atoms with E-state index in [2.05, 4.69) is 55.4 Å². The Labute approximate surface area is 126 Å². The van der Waals surface area contributed by atoms with E-state index in [1.807, 2.05) is 24.3 Å². The van der Waals surface area contributed by atoms with Crippen molar-refractivity contribution in [1.29, 1.82) is 0 Å². The Morgan fingerprint density at radius 3 is 2.35 bits per heavy atom. The molecule has 1 nitrogen and oxygen atoms in total. The van der Waals surface area contributed by atoms with Gasteiger partial charge in [-0.05, 0) is 49.3 Å². The third-order valence-electron chi connectivity index (χ3n) is 3.15. The van der Waals surface area contributed by atoms with E-state index in [9.17, 15) is 0 Å². The average molecular weight is 286 g/mol. The molecule has 0 amide bonds. The molecular weight excluding hydrogens is 266 g/mol. The Kier molecular flexibility index (Phi) is 5.40. The Balaban J connectivity index is 2.34. The van der Waals surface area contributed by atoms with Gasteiger partial charge < -0.3 is 4.90 Å². The van der Waals surface area contributed by atoms with E-state index in [1.54, 1.807) is 0 Å². The third kappa shape index (κ3) is 4.22. The molecule has 2 aromatic carbocycles. The molecule has 0 spiro atoms. The van der Waals surface area contributed by atoms with Crippen LogP contribution in [0.1, 0.15) is 17.5 Å². The Hall–Kier alpha value is -1.57. The molecule has 104 valence electrons. The molecule has 0 aromatic heterocycles. The first-order valence-corrected chi connectivity index (χ1v) is 7.21. The van der Waals surface area contributed by atoms with E-state index < -0.39 is 0 Å². The van der Waals surface area contributed by atoms with Crippen LogP contribution >= 0.6 is 11.6 Å². The highest BCUT2D eigenvalue weighted by Gasteiger charge is 2.05. The molecular formula is C18H20ClN. The van der Waals surface area contributed by atoms with Crippen LogP contribution in [-0.4, -0.2) is 25.5 Å². The van der Waals surface area contributed by atoms with Crippen molar-refractivity contribution in [2.24, 2.45) is 0 Å². The highest BCUT2D eigenvalue weighted by molar-refractivity contribution is 6.30. The molecule has 0 bridgehead atoms. The van der Waals surface area contributed by atoms with Gasteiger partial charge in [0.2, 0.25) is 0 Å². The fourth-order valence-electron chi connectivity index (χ4n) is 2.14. The van der Waals surface area contributed by atoms with Crippen molar-refractivity contribution in [1.82, 2.24) is 4.90 Å². The minimum absolute atomic E-state index is 0.775. The topological polar surface area (TPSA) is 3.24 Å². The summed E-state index contributed by atoms with van der Waals surface area (Å²) in [6.45, 7) is 1.04. The predicted octanol–water partition coefficient (Wildman–Crippen LogP) is 4.72. The summed E-state index contributed by atoms with van der Waals surface area (Å²) in [4.78, 5) is 2.19. The second-order valence-corrected chi connectivity index (χ2v) is 5.52. The van der Waals surface area contributed by atoms with Gasteiger partial charge in [-0.2, -0.15) is 0 Å². The van der Waals surface area contributed by atoms with Gasteiger partial charge in [-0.3, -0.25) is 0 Å². The lowest BCUT2D eigenvalue weighted by molar-refractivity contribution is 0.417. The number of halogens is 1. The maximum atomic E-state index is 6.13. The lowest BCUT2D eigenvalue weighted by Gasteiger charge is -2.11. The van der Waals surface area contributed by atoms with Crippen LogP contribution in [0.5, 0.6) is 0 Å². The van der Waals surface area contributed by atoms with Crippen molar-refractivity contribution >= 4 is 17.2 Å². The zero-order chi connectivity index (χ0) is 14.4. The van der Waals surface area contributed by atoms with Gasteiger partial charge in [0.05, 0.1) is 0 Å². The van der Waals surface area contributed by atoms with Gasteiger partial charge in [-0.25, -0.2) is 0 Å². The second-order valence-electron chi connectivity index (χ2n) is 5.09. The largest absolute Gasteiger partial charge is 0.309 e. The Morgan fingerprint density at radius 2 is 1.70 bits per heavy atom. The first kappa shape index (κ1) is 14.8. The minimum atomic E-state index is 0.775. The van der Waals surface area contributed by atoms with Crippen molar-refractivity contribution in [3.05, 3.63) is 76.8 Å². The van der Waals surface area contributed by atoms with Crippen molar-refractivity contribution in [2.45, 2.75) is 6.42 Å². The first-order valence-electron chi connectivity index (χ1n) is 6.83. The maximum absolute atomic E-state index is 6.13. The molecule has 0 fully saturated rings. The molecule has 2 aromatic rings. The maximum Gasteiger partial charge on any atom is 0.0412 e. The standard InChI is InChI=1S/C18H20ClN/c1-20(2)13-7-12-18(15-8-4-3-5-9-15)16-10-6-11-17(19)14-16/h3-6,8-12,14H,7,13H2,1-2H3. The molecule has 2 heteroatoms. The minimum Gasteiger partial charge on any atom is -0.309 e. The molecule has 0 aliphatic heterocycles. The zero-order valence-electron chi connectivity index (χ0n) is 12.0. The lowest BCUT2D eigenvalue weighted by Crippen LogP contribution is -2.12. The van der Waals surface area contributed by atoms with E-state index in [4.69, 9.17) is 11.6 Å². The monoisotopic (exact) mass is 285 g/mol. The highest BCUT2D eigenvalue weighted by atomic mass is 35.5. The molecule has 0 saturated heterocycles. The molecule has 2 rings (SSSR count). The zero-order valence-corrected chi connectivity index (χ0v) is 12.8. The van der Waals surface area contributed by atoms with Crippen molar-refractivity contribution in [3.63, 3.8) is 0 Å². The SMILES string of the molecule is CN(C)CCC=C(c1ccccc1)c1cccc(Cl)c1. The summed E-state index contributed by atoms with van der Waals surface area (Å²) in [5, 5.41) is 0.775. The smallest absolute Gasteiger partial charge is 0.0412 e. The van der Waals surface area contributed by atoms with Gasteiger partial charge in [0.25, 0.3) is 0 Å². The number of rotatable bonds is 5. The molecule has 0 N–H and O–H groups in total. The van der Waals surface area contributed by atoms with Crippen LogP contribution in [0.2, 0.25) is 5.02 Å². The second kappa shape index (κ2) is 7.28. The summed E-state index contributed by atoms with van der Waals surface area (Å²) < 4.78 is 0. The van der Waals surface area contributed by atoms with Crippen molar-refractivity contribution < 1.29 is 0 Å². The van der Waals surface area contributed by atoms with Gasteiger partial charge >= 0.3 is 0 Å². The van der Waals surface area contributed by atoms with Crippen LogP contribution in [0.4, 0.5) is 0 Å². The third-order valence-corrected chi connectivity index (χ3v) is 3.38. The van der Waals surface area contributed by atoms with Gasteiger partial charge in [-0.15, -0.1) is 0 Å². The van der Waals surface area contributed by atoms with E-state index in [0.717, 1.165) is 18.0 Å². The molecule has 0 aliphatic rings. The van der Waals surface area contributed by atoms with Gasteiger partial charge in [0.1, 0.15) is 0 Å². The summed E-state index contributed by atoms with van der Waals surface area (Å²) in [5.74, 6) is 0. The number of nitrogens with zero attached hydrogens (tertiary/aromatic N) is 1. The van der Waals surface area contributed by atoms with Crippen LogP contribution in [0.15, 0.2) is 60.7 Å². The molecule has 20 heavy (non-hydrogen) atoms. The van der Waals surface area contributed by atoms with Gasteiger partial charge in [0.15, 0.2) is 0 Å². The fourth-order valence-corrected chi connectivity index (χ4v) is 2.33. The van der Waals surface area contributed by atoms with Crippen molar-refractivity contribution in [2.75, 3.05) is 20.6 Å². The molecule has 0 heterocycles. The van der Waals surface area contributed by atoms with Gasteiger partial charge in [0, 0.05) is 11.6 Å². The number of hydrogen-bond acceptors (Lipinski definition) is 1. The fraction of sp³-hybridized carbons (Fsp3) is 0.222. The van der Waals surface area contributed by atoms with Crippen LogP contribution in [-0.2, 0) is 0 Å². The van der Waals surface area contributed by atoms with Crippen LogP contribution in [0.25, 0.3) is 5.57 Å². The molecule has 0 radical (unpaired) electrons. The Morgan fingerprint density at radius 1 is 1.00 bits per heavy atom. The van der Waals surface area contributed by atoms with Crippen LogP contribution < -0.4 is 0 Å². The average Bonchev–Trinajstić information content (AvgIpc) is 2.44. The summed E-state index contributed by atoms with van der Waals surface area (Å²) in [6, 6.07) is 18.5. The van der Waals surface area contributed by atoms with Crippen LogP contribution in [0, 0.1) is 0 Å². The quantitative estimate of drug-likeness (QED) is 0.768. The van der Waals surface area contributed by atoms with E-state index in [0.29, 0.717) is 0 Å². The Bertz CT molecular complexity index is 573. The van der Waals surface area contributed by atoms with Crippen molar-refractivity contribution in [3.8, 4) is 0 Å². The van der Waals surface area contributed by atoms with Crippen LogP contribution in [0.3, 0.4) is 0 Å². The summed E-state index contributed by atoms with van der Waals surface area (Å²) in [7, 11) is 4.19. The van der Waals surface area contributed by atoms with E-state index in [1.165, 1.54) is 16.7 Å². The molecule has 0 atom stereocenters. The van der Waals surface area contributed by atoms with E-state index >= 15 is 0 Å². The lowest BCUT2D eigenvalue weighted by atomic mass is 9.97. The normalized spacial score (nSPS) is 11.9. The molecule has 0 aliphatic carbocycles. The molecule has 0 unspecified atom stereocenters. The van der Waals surface area contributed by atoms with Gasteiger partial charge in [-0.1, -0.05) is 60.1 Å². The summed E-state index contributed by atoms with van der Waals surface area (Å²) in [6.07, 6.45) is 3.31. The summed E-state index contributed by atoms with van der Waals surface area (Å²) >= 11 is 6.13. The predicted molar refractivity (Wildman–Crippen MR) is 88.1 cm³/mol.